The quantitative estimate of drug-likeness (QED) is 0.580. The van der Waals surface area contributed by atoms with E-state index in [0.29, 0.717) is 10.9 Å². The molecule has 0 aromatic heterocycles. The van der Waals surface area contributed by atoms with Gasteiger partial charge in [0, 0.05) is 19.2 Å². The van der Waals surface area contributed by atoms with Gasteiger partial charge in [0.2, 0.25) is 0 Å². The predicted molar refractivity (Wildman–Crippen MR) is 101 cm³/mol. The molecule has 28 heavy (non-hydrogen) atoms. The van der Waals surface area contributed by atoms with Crippen LogP contribution in [0.3, 0.4) is 0 Å². The highest BCUT2D eigenvalue weighted by Gasteiger charge is 2.29. The maximum Gasteiger partial charge on any atom is 0.270 e. The molecule has 3 rings (SSSR count). The molecule has 0 spiro atoms. The van der Waals surface area contributed by atoms with Crippen molar-refractivity contribution in [3.8, 4) is 0 Å². The van der Waals surface area contributed by atoms with Crippen LogP contribution in [0.4, 0.5) is 15.8 Å². The predicted octanol–water partition coefficient (Wildman–Crippen LogP) is 3.41. The summed E-state index contributed by atoms with van der Waals surface area (Å²) in [6.45, 7) is 0. The van der Waals surface area contributed by atoms with Crippen molar-refractivity contribution in [1.29, 1.82) is 0 Å². The molecule has 8 nitrogen and oxygen atoms in total. The summed E-state index contributed by atoms with van der Waals surface area (Å²) in [5.41, 5.74) is 1.58. The number of nitro benzene ring substituents is 1. The van der Waals surface area contributed by atoms with Crippen molar-refractivity contribution in [2.24, 2.45) is 0 Å². The van der Waals surface area contributed by atoms with Crippen molar-refractivity contribution in [3.05, 3.63) is 63.5 Å². The van der Waals surface area contributed by atoms with Crippen LogP contribution in [0.15, 0.2) is 41.3 Å². The Balaban J connectivity index is 2.06. The zero-order valence-electron chi connectivity index (χ0n) is 15.4. The third-order valence-corrected chi connectivity index (χ3v) is 6.52. The molecule has 1 aliphatic rings. The first-order valence-corrected chi connectivity index (χ1v) is 10.0. The van der Waals surface area contributed by atoms with Crippen LogP contribution in [0.25, 0.3) is 0 Å². The Morgan fingerprint density at radius 1 is 1.29 bits per heavy atom. The van der Waals surface area contributed by atoms with Crippen LogP contribution in [-0.2, 0) is 21.3 Å². The fourth-order valence-corrected chi connectivity index (χ4v) is 4.45. The minimum absolute atomic E-state index is 0.191. The highest BCUT2D eigenvalue weighted by molar-refractivity contribution is 7.89. The fourth-order valence-electron chi connectivity index (χ4n) is 3.30. The molecule has 0 bridgehead atoms. The summed E-state index contributed by atoms with van der Waals surface area (Å²) in [4.78, 5) is 15.0. The number of fused-ring (bicyclic) bond motifs is 1. The number of anilines is 1. The minimum atomic E-state index is -4.14. The van der Waals surface area contributed by atoms with E-state index < -0.39 is 14.9 Å². The Hall–Kier alpha value is -2.56. The molecule has 1 N–H and O–H groups in total. The molecular formula is C18H20FN3O5S. The van der Waals surface area contributed by atoms with Gasteiger partial charge in [-0.3, -0.25) is 15.0 Å². The molecule has 0 saturated heterocycles. The van der Waals surface area contributed by atoms with Gasteiger partial charge in [-0.1, -0.05) is 10.5 Å². The first-order valence-electron chi connectivity index (χ1n) is 8.60. The van der Waals surface area contributed by atoms with E-state index in [1.54, 1.807) is 6.07 Å². The minimum Gasteiger partial charge on any atom is -0.377 e. The van der Waals surface area contributed by atoms with E-state index in [0.717, 1.165) is 30.0 Å². The van der Waals surface area contributed by atoms with Crippen LogP contribution >= 0.6 is 0 Å². The summed E-state index contributed by atoms with van der Waals surface area (Å²) in [5.74, 6) is -0.372. The van der Waals surface area contributed by atoms with Gasteiger partial charge < -0.3 is 5.32 Å². The summed E-state index contributed by atoms with van der Waals surface area (Å²) >= 11 is 0. The summed E-state index contributed by atoms with van der Waals surface area (Å²) < 4.78 is 39.9. The van der Waals surface area contributed by atoms with E-state index in [2.05, 4.69) is 5.32 Å². The first kappa shape index (κ1) is 20.2. The Morgan fingerprint density at radius 3 is 2.71 bits per heavy atom. The van der Waals surface area contributed by atoms with E-state index in [1.807, 2.05) is 0 Å². The Kier molecular flexibility index (Phi) is 5.64. The Bertz CT molecular complexity index is 1010. The molecule has 2 aromatic rings. The molecule has 0 radical (unpaired) electrons. The smallest absolute Gasteiger partial charge is 0.270 e. The fraction of sp³-hybridized carbons (Fsp3) is 0.333. The van der Waals surface area contributed by atoms with Crippen molar-refractivity contribution in [1.82, 2.24) is 4.47 Å². The molecule has 150 valence electrons. The van der Waals surface area contributed by atoms with Gasteiger partial charge in [0.1, 0.15) is 10.7 Å². The van der Waals surface area contributed by atoms with Crippen LogP contribution in [0.5, 0.6) is 0 Å². The molecule has 0 saturated carbocycles. The number of hydrogen-bond donors (Lipinski definition) is 1. The van der Waals surface area contributed by atoms with Crippen molar-refractivity contribution in [2.45, 2.75) is 30.2 Å². The van der Waals surface area contributed by atoms with E-state index >= 15 is 0 Å². The van der Waals surface area contributed by atoms with E-state index in [4.69, 9.17) is 4.84 Å². The monoisotopic (exact) mass is 409 g/mol. The summed E-state index contributed by atoms with van der Waals surface area (Å²) in [5, 5.41) is 14.3. The lowest BCUT2D eigenvalue weighted by atomic mass is 9.87. The molecular weight excluding hydrogens is 389 g/mol. The number of hydrogen-bond acceptors (Lipinski definition) is 6. The van der Waals surface area contributed by atoms with Gasteiger partial charge >= 0.3 is 0 Å². The maximum absolute atomic E-state index is 13.7. The van der Waals surface area contributed by atoms with Crippen molar-refractivity contribution in [2.75, 3.05) is 19.5 Å². The standard InChI is InChI=1S/C18H20FN3O5S/c1-21(27-2)28(25,26)18-11-14(22(23)24)8-9-17(18)20-16-5-3-4-12-6-7-13(19)10-15(12)16/h6-11,16,20H,3-5H2,1-2H3. The number of rotatable bonds is 6. The molecule has 1 unspecified atom stereocenters. The number of nitrogens with one attached hydrogen (secondary N) is 1. The van der Waals surface area contributed by atoms with Crippen LogP contribution in [0, 0.1) is 15.9 Å². The highest BCUT2D eigenvalue weighted by Crippen LogP contribution is 2.36. The second kappa shape index (κ2) is 7.82. The molecule has 0 aliphatic heterocycles. The van der Waals surface area contributed by atoms with E-state index in [9.17, 15) is 22.9 Å². The lowest BCUT2D eigenvalue weighted by Gasteiger charge is -2.28. The Labute approximate surface area is 162 Å². The molecule has 10 heteroatoms. The van der Waals surface area contributed by atoms with Crippen LogP contribution in [0.2, 0.25) is 0 Å². The zero-order chi connectivity index (χ0) is 20.5. The number of sulfonamides is 1. The average Bonchev–Trinajstić information content (AvgIpc) is 2.67. The summed E-state index contributed by atoms with van der Waals surface area (Å²) in [6, 6.07) is 7.81. The average molecular weight is 409 g/mol. The third-order valence-electron chi connectivity index (χ3n) is 4.80. The molecule has 0 heterocycles. The SMILES string of the molecule is CON(C)S(=O)(=O)c1cc([N+](=O)[O-])ccc1NC1CCCc2ccc(F)cc21. The van der Waals surface area contributed by atoms with Gasteiger partial charge in [-0.25, -0.2) is 12.8 Å². The lowest BCUT2D eigenvalue weighted by Crippen LogP contribution is -2.27. The van der Waals surface area contributed by atoms with Gasteiger partial charge in [0.15, 0.2) is 0 Å². The first-order chi connectivity index (χ1) is 13.2. The number of non-ortho nitro benzene ring substituents is 1. The van der Waals surface area contributed by atoms with Gasteiger partial charge in [-0.05, 0) is 48.6 Å². The van der Waals surface area contributed by atoms with Gasteiger partial charge in [-0.2, -0.15) is 0 Å². The second-order valence-electron chi connectivity index (χ2n) is 6.47. The summed E-state index contributed by atoms with van der Waals surface area (Å²) in [7, 11) is -1.76. The van der Waals surface area contributed by atoms with Crippen LogP contribution in [-0.4, -0.2) is 32.0 Å². The van der Waals surface area contributed by atoms with Crippen molar-refractivity contribution in [3.63, 3.8) is 0 Å². The second-order valence-corrected chi connectivity index (χ2v) is 8.37. The lowest BCUT2D eigenvalue weighted by molar-refractivity contribution is -0.385. The molecule has 0 fully saturated rings. The van der Waals surface area contributed by atoms with Crippen LogP contribution < -0.4 is 5.32 Å². The molecule has 1 atom stereocenters. The number of halogens is 1. The maximum atomic E-state index is 13.7. The van der Waals surface area contributed by atoms with E-state index in [1.165, 1.54) is 38.4 Å². The zero-order valence-corrected chi connectivity index (χ0v) is 16.2. The molecule has 2 aromatic carbocycles. The van der Waals surface area contributed by atoms with Crippen LogP contribution in [0.1, 0.15) is 30.0 Å². The van der Waals surface area contributed by atoms with Crippen molar-refractivity contribution >= 4 is 21.4 Å². The van der Waals surface area contributed by atoms with Gasteiger partial charge in [0.25, 0.3) is 15.7 Å². The number of benzene rings is 2. The highest BCUT2D eigenvalue weighted by atomic mass is 32.2. The number of hydroxylamine groups is 1. The molecule has 1 aliphatic carbocycles. The van der Waals surface area contributed by atoms with Gasteiger partial charge in [0.05, 0.1) is 23.8 Å². The van der Waals surface area contributed by atoms with E-state index in [-0.39, 0.29) is 28.1 Å². The third kappa shape index (κ3) is 3.84. The molecule has 0 amide bonds. The van der Waals surface area contributed by atoms with Gasteiger partial charge in [-0.15, -0.1) is 0 Å². The summed E-state index contributed by atoms with van der Waals surface area (Å²) in [6.07, 6.45) is 2.34. The topological polar surface area (TPSA) is 102 Å². The Morgan fingerprint density at radius 2 is 2.04 bits per heavy atom. The number of nitrogens with zero attached hydrogens (tertiary/aromatic N) is 2. The van der Waals surface area contributed by atoms with Crippen molar-refractivity contribution < 1.29 is 22.6 Å². The normalized spacial score (nSPS) is 16.6. The number of nitro groups is 1. The largest absolute Gasteiger partial charge is 0.377 e. The number of aryl methyl sites for hydroxylation is 1.